The second-order valence-electron chi connectivity index (χ2n) is 8.19. The molecule has 3 nitrogen and oxygen atoms in total. The molecule has 0 amide bonds. The Bertz CT molecular complexity index is 702. The zero-order valence-corrected chi connectivity index (χ0v) is 18.2. The van der Waals surface area contributed by atoms with Crippen LogP contribution in [-0.4, -0.2) is 19.5 Å². The van der Waals surface area contributed by atoms with E-state index in [-0.39, 0.29) is 21.1 Å². The first kappa shape index (κ1) is 27.0. The van der Waals surface area contributed by atoms with E-state index in [4.69, 9.17) is 14.2 Å². The first-order valence-electron chi connectivity index (χ1n) is 11.3. The third kappa shape index (κ3) is 8.57. The predicted octanol–water partition coefficient (Wildman–Crippen LogP) is 8.34. The van der Waals surface area contributed by atoms with Gasteiger partial charge in [-0.3, -0.25) is 0 Å². The first-order valence-corrected chi connectivity index (χ1v) is 11.3. The molecule has 0 heterocycles. The molecular weight excluding hydrogens is 384 g/mol. The SMILES string of the molecule is C.C.CCC(C)c1ccc(OC(C)OCCOc2ccc(C3CCCCC3)cc2)cc1. The van der Waals surface area contributed by atoms with Gasteiger partial charge in [-0.05, 0) is 73.4 Å². The molecule has 0 saturated heterocycles. The first-order chi connectivity index (χ1) is 14.2. The van der Waals surface area contributed by atoms with E-state index in [1.54, 1.807) is 0 Å². The molecule has 2 unspecified atom stereocenters. The van der Waals surface area contributed by atoms with E-state index in [0.717, 1.165) is 23.8 Å². The Morgan fingerprint density at radius 3 is 2.03 bits per heavy atom. The van der Waals surface area contributed by atoms with Crippen molar-refractivity contribution in [3.63, 3.8) is 0 Å². The van der Waals surface area contributed by atoms with Crippen molar-refractivity contribution in [2.75, 3.05) is 13.2 Å². The number of hydrogen-bond donors (Lipinski definition) is 0. The van der Waals surface area contributed by atoms with Crippen molar-refractivity contribution in [3.8, 4) is 11.5 Å². The lowest BCUT2D eigenvalue weighted by Crippen LogP contribution is -2.19. The van der Waals surface area contributed by atoms with Gasteiger partial charge >= 0.3 is 0 Å². The molecule has 0 bridgehead atoms. The monoisotopic (exact) mass is 428 g/mol. The van der Waals surface area contributed by atoms with Gasteiger partial charge < -0.3 is 14.2 Å². The highest BCUT2D eigenvalue weighted by Gasteiger charge is 2.15. The fraction of sp³-hybridized carbons (Fsp3) is 0.571. The normalized spacial score (nSPS) is 15.8. The van der Waals surface area contributed by atoms with Crippen LogP contribution in [0.4, 0.5) is 0 Å². The summed E-state index contributed by atoms with van der Waals surface area (Å²) in [6, 6.07) is 16.9. The molecule has 3 rings (SSSR count). The second kappa shape index (κ2) is 14.1. The average Bonchev–Trinajstić information content (AvgIpc) is 2.78. The zero-order chi connectivity index (χ0) is 20.5. The van der Waals surface area contributed by atoms with Gasteiger partial charge in [0, 0.05) is 0 Å². The summed E-state index contributed by atoms with van der Waals surface area (Å²) in [4.78, 5) is 0. The zero-order valence-electron chi connectivity index (χ0n) is 18.2. The van der Waals surface area contributed by atoms with Gasteiger partial charge in [0.15, 0.2) is 6.29 Å². The molecule has 2 aromatic carbocycles. The van der Waals surface area contributed by atoms with Gasteiger partial charge in [0.25, 0.3) is 0 Å². The van der Waals surface area contributed by atoms with Gasteiger partial charge in [-0.25, -0.2) is 0 Å². The standard InChI is InChI=1S/C26H36O3.2CH4/c1-4-20(2)22-10-16-26(17-11-22)29-21(3)27-18-19-28-25-14-12-24(13-15-25)23-8-6-5-7-9-23;;/h10-17,20-21,23H,4-9,18-19H2,1-3H3;2*1H4. The summed E-state index contributed by atoms with van der Waals surface area (Å²) in [5.41, 5.74) is 2.80. The van der Waals surface area contributed by atoms with Crippen LogP contribution in [0.2, 0.25) is 0 Å². The van der Waals surface area contributed by atoms with Crippen molar-refractivity contribution in [2.45, 2.75) is 92.3 Å². The van der Waals surface area contributed by atoms with Crippen LogP contribution < -0.4 is 9.47 Å². The smallest absolute Gasteiger partial charge is 0.197 e. The summed E-state index contributed by atoms with van der Waals surface area (Å²) in [5, 5.41) is 0. The van der Waals surface area contributed by atoms with Gasteiger partial charge in [0.05, 0.1) is 6.61 Å². The van der Waals surface area contributed by atoms with Crippen molar-refractivity contribution < 1.29 is 14.2 Å². The van der Waals surface area contributed by atoms with E-state index >= 15 is 0 Å². The molecule has 31 heavy (non-hydrogen) atoms. The molecule has 1 fully saturated rings. The summed E-state index contributed by atoms with van der Waals surface area (Å²) in [7, 11) is 0. The lowest BCUT2D eigenvalue weighted by atomic mass is 9.84. The predicted molar refractivity (Wildman–Crippen MR) is 132 cm³/mol. The summed E-state index contributed by atoms with van der Waals surface area (Å²) >= 11 is 0. The van der Waals surface area contributed by atoms with E-state index in [1.165, 1.54) is 43.2 Å². The molecule has 0 aromatic heterocycles. The number of hydrogen-bond acceptors (Lipinski definition) is 3. The fourth-order valence-electron chi connectivity index (χ4n) is 3.98. The molecule has 174 valence electrons. The maximum absolute atomic E-state index is 5.84. The lowest BCUT2D eigenvalue weighted by Gasteiger charge is -2.22. The van der Waals surface area contributed by atoms with E-state index in [9.17, 15) is 0 Å². The summed E-state index contributed by atoms with van der Waals surface area (Å²) in [5.74, 6) is 3.05. The number of ether oxygens (including phenoxy) is 3. The molecule has 1 aliphatic carbocycles. The van der Waals surface area contributed by atoms with E-state index in [0.29, 0.717) is 19.1 Å². The minimum absolute atomic E-state index is 0. The highest BCUT2D eigenvalue weighted by Crippen LogP contribution is 2.33. The van der Waals surface area contributed by atoms with Gasteiger partial charge in [-0.15, -0.1) is 0 Å². The van der Waals surface area contributed by atoms with E-state index < -0.39 is 0 Å². The Balaban J connectivity index is 0.00000240. The lowest BCUT2D eigenvalue weighted by molar-refractivity contribution is -0.0739. The fourth-order valence-corrected chi connectivity index (χ4v) is 3.98. The van der Waals surface area contributed by atoms with Crippen LogP contribution in [0.3, 0.4) is 0 Å². The van der Waals surface area contributed by atoms with Gasteiger partial charge in [0.1, 0.15) is 18.1 Å². The molecular formula is C28H44O3. The maximum atomic E-state index is 5.84. The summed E-state index contributed by atoms with van der Waals surface area (Å²) in [6.07, 6.45) is 7.61. The van der Waals surface area contributed by atoms with Crippen LogP contribution in [0, 0.1) is 0 Å². The Morgan fingerprint density at radius 1 is 0.806 bits per heavy atom. The van der Waals surface area contributed by atoms with Crippen LogP contribution in [0.1, 0.15) is 97.1 Å². The molecule has 2 aromatic rings. The third-order valence-electron chi connectivity index (χ3n) is 6.02. The molecule has 2 atom stereocenters. The van der Waals surface area contributed by atoms with E-state index in [2.05, 4.69) is 50.2 Å². The third-order valence-corrected chi connectivity index (χ3v) is 6.02. The Morgan fingerprint density at radius 2 is 1.42 bits per heavy atom. The van der Waals surface area contributed by atoms with Crippen LogP contribution in [0.15, 0.2) is 48.5 Å². The summed E-state index contributed by atoms with van der Waals surface area (Å²) < 4.78 is 17.4. The molecule has 1 aliphatic rings. The molecule has 0 radical (unpaired) electrons. The number of rotatable bonds is 10. The topological polar surface area (TPSA) is 27.7 Å². The quantitative estimate of drug-likeness (QED) is 0.281. The van der Waals surface area contributed by atoms with Crippen molar-refractivity contribution in [2.24, 2.45) is 0 Å². The van der Waals surface area contributed by atoms with Gasteiger partial charge in [-0.1, -0.05) is 72.2 Å². The minimum atomic E-state index is -0.304. The second-order valence-corrected chi connectivity index (χ2v) is 8.19. The van der Waals surface area contributed by atoms with E-state index in [1.807, 2.05) is 19.1 Å². The minimum Gasteiger partial charge on any atom is -0.491 e. The highest BCUT2D eigenvalue weighted by atomic mass is 16.7. The molecule has 1 saturated carbocycles. The average molecular weight is 429 g/mol. The molecule has 0 N–H and O–H groups in total. The van der Waals surface area contributed by atoms with Crippen LogP contribution in [0.25, 0.3) is 0 Å². The van der Waals surface area contributed by atoms with Crippen LogP contribution in [0.5, 0.6) is 11.5 Å². The highest BCUT2D eigenvalue weighted by molar-refractivity contribution is 5.30. The Kier molecular flexibility index (Phi) is 12.3. The molecule has 3 heteroatoms. The molecule has 0 aliphatic heterocycles. The van der Waals surface area contributed by atoms with Gasteiger partial charge in [-0.2, -0.15) is 0 Å². The van der Waals surface area contributed by atoms with Crippen molar-refractivity contribution in [1.29, 1.82) is 0 Å². The largest absolute Gasteiger partial charge is 0.491 e. The molecule has 0 spiro atoms. The van der Waals surface area contributed by atoms with Crippen LogP contribution >= 0.6 is 0 Å². The Hall–Kier alpha value is -2.00. The number of benzene rings is 2. The maximum Gasteiger partial charge on any atom is 0.197 e. The van der Waals surface area contributed by atoms with Crippen LogP contribution in [-0.2, 0) is 4.74 Å². The van der Waals surface area contributed by atoms with Gasteiger partial charge in [0.2, 0.25) is 0 Å². The van der Waals surface area contributed by atoms with Crippen molar-refractivity contribution >= 4 is 0 Å². The van der Waals surface area contributed by atoms with Crippen molar-refractivity contribution in [1.82, 2.24) is 0 Å². The summed E-state index contributed by atoms with van der Waals surface area (Å²) in [6.45, 7) is 7.38. The Labute approximate surface area is 191 Å². The van der Waals surface area contributed by atoms with Crippen molar-refractivity contribution in [3.05, 3.63) is 59.7 Å².